The maximum Gasteiger partial charge on any atom is 0.253 e. The second-order valence-corrected chi connectivity index (χ2v) is 8.37. The fourth-order valence-corrected chi connectivity index (χ4v) is 3.99. The summed E-state index contributed by atoms with van der Waals surface area (Å²) in [6.45, 7) is 0.617. The third-order valence-electron chi connectivity index (χ3n) is 5.79. The number of amides is 1. The fraction of sp³-hybridized carbons (Fsp3) is 0.296. The molecule has 0 bridgehead atoms. The molecule has 1 atom stereocenters. The monoisotopic (exact) mass is 487 g/mol. The Morgan fingerprint density at radius 3 is 2.75 bits per heavy atom. The van der Waals surface area contributed by atoms with Gasteiger partial charge in [-0.3, -0.25) is 4.79 Å². The van der Waals surface area contributed by atoms with Gasteiger partial charge in [0.15, 0.2) is 11.5 Å². The fourth-order valence-electron chi connectivity index (χ4n) is 3.99. The number of carbonyl (C=O) groups is 1. The second-order valence-electron chi connectivity index (χ2n) is 8.37. The molecule has 0 radical (unpaired) electrons. The van der Waals surface area contributed by atoms with Crippen molar-refractivity contribution < 1.29 is 19.0 Å². The quantitative estimate of drug-likeness (QED) is 0.452. The van der Waals surface area contributed by atoms with Gasteiger partial charge in [-0.25, -0.2) is 4.98 Å². The highest BCUT2D eigenvalue weighted by atomic mass is 16.5. The van der Waals surface area contributed by atoms with Gasteiger partial charge in [0.05, 0.1) is 19.8 Å². The molecule has 2 aromatic carbocycles. The minimum atomic E-state index is -0.409. The molecule has 1 fully saturated rings. The lowest BCUT2D eigenvalue weighted by molar-refractivity contribution is -0.129. The average molecular weight is 488 g/mol. The van der Waals surface area contributed by atoms with E-state index in [1.54, 1.807) is 20.4 Å². The Bertz CT molecular complexity index is 1310. The Morgan fingerprint density at radius 1 is 1.17 bits per heavy atom. The third kappa shape index (κ3) is 6.03. The Morgan fingerprint density at radius 2 is 2.03 bits per heavy atom. The summed E-state index contributed by atoms with van der Waals surface area (Å²) in [6.07, 6.45) is 4.38. The summed E-state index contributed by atoms with van der Waals surface area (Å²) in [6, 6.07) is 11.2. The van der Waals surface area contributed by atoms with E-state index in [0.717, 1.165) is 36.0 Å². The van der Waals surface area contributed by atoms with E-state index in [2.05, 4.69) is 27.1 Å². The van der Waals surface area contributed by atoms with Crippen LogP contribution in [0.1, 0.15) is 41.5 Å². The van der Waals surface area contributed by atoms with Crippen molar-refractivity contribution in [1.29, 1.82) is 0 Å². The number of nitrogen functional groups attached to an aromatic ring is 2. The van der Waals surface area contributed by atoms with Gasteiger partial charge in [-0.15, -0.1) is 0 Å². The number of benzene rings is 2. The Kier molecular flexibility index (Phi) is 7.88. The summed E-state index contributed by atoms with van der Waals surface area (Å²) in [5.74, 6) is 7.71. The minimum absolute atomic E-state index is 0.125. The Labute approximate surface area is 210 Å². The van der Waals surface area contributed by atoms with Gasteiger partial charge in [-0.1, -0.05) is 17.9 Å². The molecular formula is C27H29N5O4. The van der Waals surface area contributed by atoms with Gasteiger partial charge >= 0.3 is 0 Å². The number of nitrogens with zero attached hydrogens (tertiary/aromatic N) is 2. The number of nitrogens with one attached hydrogen (secondary N) is 1. The average Bonchev–Trinajstić information content (AvgIpc) is 2.89. The number of hydrogen-bond acceptors (Lipinski definition) is 8. The molecule has 1 saturated heterocycles. The number of ether oxygens (including phenoxy) is 3. The van der Waals surface area contributed by atoms with Crippen molar-refractivity contribution in [2.75, 3.05) is 37.6 Å². The maximum atomic E-state index is 12.5. The summed E-state index contributed by atoms with van der Waals surface area (Å²) in [5.41, 5.74) is 15.3. The van der Waals surface area contributed by atoms with Gasteiger partial charge in [0.2, 0.25) is 5.95 Å². The zero-order valence-electron chi connectivity index (χ0n) is 20.3. The van der Waals surface area contributed by atoms with Crippen LogP contribution in [-0.2, 0) is 16.0 Å². The van der Waals surface area contributed by atoms with E-state index in [9.17, 15) is 4.79 Å². The molecule has 2 heterocycles. The highest BCUT2D eigenvalue weighted by Crippen LogP contribution is 2.33. The van der Waals surface area contributed by atoms with Crippen LogP contribution < -0.4 is 26.3 Å². The predicted octanol–water partition coefficient (Wildman–Crippen LogP) is 3.16. The molecule has 4 rings (SSSR count). The van der Waals surface area contributed by atoms with Crippen molar-refractivity contribution in [2.24, 2.45) is 0 Å². The first-order chi connectivity index (χ1) is 17.5. The Balaban J connectivity index is 1.59. The zero-order chi connectivity index (χ0) is 25.5. The zero-order valence-corrected chi connectivity index (χ0v) is 20.3. The van der Waals surface area contributed by atoms with E-state index in [-0.39, 0.29) is 11.9 Å². The van der Waals surface area contributed by atoms with Crippen LogP contribution in [0.5, 0.6) is 11.5 Å². The molecule has 0 spiro atoms. The van der Waals surface area contributed by atoms with Crippen LogP contribution in [0.2, 0.25) is 0 Å². The van der Waals surface area contributed by atoms with Crippen molar-refractivity contribution in [1.82, 2.24) is 9.97 Å². The van der Waals surface area contributed by atoms with Gasteiger partial charge in [0.25, 0.3) is 5.91 Å². The number of methoxy groups -OCH3 is 2. The lowest BCUT2D eigenvalue weighted by atomic mass is 10.0. The van der Waals surface area contributed by atoms with Gasteiger partial charge in [0.1, 0.15) is 11.9 Å². The van der Waals surface area contributed by atoms with Crippen molar-refractivity contribution in [2.45, 2.75) is 31.8 Å². The lowest BCUT2D eigenvalue weighted by Gasteiger charge is -2.21. The van der Waals surface area contributed by atoms with Crippen LogP contribution in [-0.4, -0.2) is 42.8 Å². The van der Waals surface area contributed by atoms with Crippen molar-refractivity contribution in [3.05, 3.63) is 64.8 Å². The van der Waals surface area contributed by atoms with E-state index < -0.39 is 6.10 Å². The van der Waals surface area contributed by atoms with Crippen LogP contribution in [0, 0.1) is 11.8 Å². The first-order valence-electron chi connectivity index (χ1n) is 11.6. The number of nitrogens with two attached hydrogens (primary N) is 2. The van der Waals surface area contributed by atoms with Crippen LogP contribution in [0.3, 0.4) is 0 Å². The molecule has 5 N–H and O–H groups in total. The van der Waals surface area contributed by atoms with Gasteiger partial charge < -0.3 is 31.0 Å². The normalized spacial score (nSPS) is 14.9. The lowest BCUT2D eigenvalue weighted by Crippen LogP contribution is -2.33. The summed E-state index contributed by atoms with van der Waals surface area (Å²) < 4.78 is 16.7. The van der Waals surface area contributed by atoms with Crippen LogP contribution in [0.15, 0.2) is 42.6 Å². The molecule has 1 unspecified atom stereocenters. The van der Waals surface area contributed by atoms with Crippen molar-refractivity contribution in [3.63, 3.8) is 0 Å². The number of rotatable bonds is 6. The van der Waals surface area contributed by atoms with E-state index in [1.807, 2.05) is 36.4 Å². The SMILES string of the molecule is COc1cc(Cc2cnc(N)nc2N)cc(C#Cc2cccc(NC(=O)C3CCCCO3)c2)c1OC. The molecule has 0 saturated carbocycles. The molecule has 9 heteroatoms. The first-order valence-corrected chi connectivity index (χ1v) is 11.6. The molecule has 1 aromatic heterocycles. The van der Waals surface area contributed by atoms with Crippen molar-refractivity contribution >= 4 is 23.4 Å². The molecule has 1 amide bonds. The van der Waals surface area contributed by atoms with Gasteiger partial charge in [0, 0.05) is 36.0 Å². The predicted molar refractivity (Wildman–Crippen MR) is 138 cm³/mol. The minimum Gasteiger partial charge on any atom is -0.493 e. The van der Waals surface area contributed by atoms with Crippen molar-refractivity contribution in [3.8, 4) is 23.3 Å². The molecule has 3 aromatic rings. The summed E-state index contributed by atoms with van der Waals surface area (Å²) in [4.78, 5) is 20.6. The molecule has 0 aliphatic carbocycles. The molecular weight excluding hydrogens is 458 g/mol. The summed E-state index contributed by atoms with van der Waals surface area (Å²) in [7, 11) is 3.14. The third-order valence-corrected chi connectivity index (χ3v) is 5.79. The molecule has 1 aliphatic rings. The number of carbonyl (C=O) groups excluding carboxylic acids is 1. The first kappa shape index (κ1) is 24.8. The highest BCUT2D eigenvalue weighted by molar-refractivity contribution is 5.94. The topological polar surface area (TPSA) is 135 Å². The number of aromatic nitrogens is 2. The summed E-state index contributed by atoms with van der Waals surface area (Å²) >= 11 is 0. The maximum absolute atomic E-state index is 12.5. The molecule has 36 heavy (non-hydrogen) atoms. The smallest absolute Gasteiger partial charge is 0.253 e. The number of anilines is 3. The standard InChI is InChI=1S/C27H29N5O4/c1-34-23-15-18(13-20-16-30-27(29)32-25(20)28)12-19(24(23)35-2)10-9-17-6-5-7-21(14-17)31-26(33)22-8-3-4-11-36-22/h5-7,12,14-16,22H,3-4,8,11,13H2,1-2H3,(H,31,33)(H4,28,29,30,32). The van der Waals surface area contributed by atoms with E-state index in [1.165, 1.54) is 0 Å². The largest absolute Gasteiger partial charge is 0.493 e. The molecule has 9 nitrogen and oxygen atoms in total. The highest BCUT2D eigenvalue weighted by Gasteiger charge is 2.22. The van der Waals surface area contributed by atoms with E-state index >= 15 is 0 Å². The summed E-state index contributed by atoms with van der Waals surface area (Å²) in [5, 5.41) is 2.93. The molecule has 186 valence electrons. The van der Waals surface area contributed by atoms with Gasteiger partial charge in [-0.05, 0) is 55.2 Å². The van der Waals surface area contributed by atoms with Crippen LogP contribution in [0.4, 0.5) is 17.5 Å². The Hall–Kier alpha value is -4.29. The van der Waals surface area contributed by atoms with Crippen LogP contribution >= 0.6 is 0 Å². The number of hydrogen-bond donors (Lipinski definition) is 3. The second kappa shape index (κ2) is 11.4. The van der Waals surface area contributed by atoms with Crippen LogP contribution in [0.25, 0.3) is 0 Å². The van der Waals surface area contributed by atoms with Gasteiger partial charge in [-0.2, -0.15) is 4.98 Å². The molecule has 1 aliphatic heterocycles. The van der Waals surface area contributed by atoms with E-state index in [4.69, 9.17) is 25.7 Å². The van der Waals surface area contributed by atoms with E-state index in [0.29, 0.717) is 41.6 Å².